The lowest BCUT2D eigenvalue weighted by molar-refractivity contribution is -0.137. The topological polar surface area (TPSA) is 77.8 Å². The number of aliphatic carboxylic acids is 1. The minimum Gasteiger partial charge on any atom is -0.481 e. The van der Waals surface area contributed by atoms with E-state index in [0.29, 0.717) is 19.4 Å². The summed E-state index contributed by atoms with van der Waals surface area (Å²) in [5.74, 6) is -1.05. The van der Waals surface area contributed by atoms with Crippen molar-refractivity contribution in [2.24, 2.45) is 0 Å². The first kappa shape index (κ1) is 10.7. The SMILES string of the molecule is O=C(O)CCCCN1C(=O)C=CC1O. The standard InChI is InChI=1S/C9H13NO4/c11-7-4-5-8(12)10(7)6-2-1-3-9(13)14/h4-5,7,11H,1-3,6H2,(H,13,14). The number of hydrogen-bond donors (Lipinski definition) is 2. The number of rotatable bonds is 5. The summed E-state index contributed by atoms with van der Waals surface area (Å²) in [5, 5.41) is 17.6. The van der Waals surface area contributed by atoms with Crippen LogP contribution in [0.3, 0.4) is 0 Å². The average Bonchev–Trinajstić information content (AvgIpc) is 2.42. The Balaban J connectivity index is 2.19. The molecule has 0 radical (unpaired) electrons. The van der Waals surface area contributed by atoms with Gasteiger partial charge in [-0.05, 0) is 18.9 Å². The van der Waals surface area contributed by atoms with Crippen LogP contribution in [0.25, 0.3) is 0 Å². The van der Waals surface area contributed by atoms with Gasteiger partial charge in [0.25, 0.3) is 0 Å². The van der Waals surface area contributed by atoms with E-state index in [0.717, 1.165) is 0 Å². The van der Waals surface area contributed by atoms with E-state index in [-0.39, 0.29) is 12.3 Å². The third-order valence-corrected chi connectivity index (χ3v) is 2.05. The summed E-state index contributed by atoms with van der Waals surface area (Å²) < 4.78 is 0. The van der Waals surface area contributed by atoms with E-state index < -0.39 is 12.2 Å². The smallest absolute Gasteiger partial charge is 0.303 e. The summed E-state index contributed by atoms with van der Waals surface area (Å²) in [6, 6.07) is 0. The second-order valence-corrected chi connectivity index (χ2v) is 3.16. The molecule has 0 aliphatic carbocycles. The fraction of sp³-hybridized carbons (Fsp3) is 0.556. The van der Waals surface area contributed by atoms with E-state index in [9.17, 15) is 14.7 Å². The maximum absolute atomic E-state index is 11.1. The van der Waals surface area contributed by atoms with Crippen LogP contribution in [-0.4, -0.2) is 39.8 Å². The maximum Gasteiger partial charge on any atom is 0.303 e. The van der Waals surface area contributed by atoms with Gasteiger partial charge in [0.05, 0.1) is 0 Å². The highest BCUT2D eigenvalue weighted by molar-refractivity contribution is 5.90. The third kappa shape index (κ3) is 2.85. The predicted molar refractivity (Wildman–Crippen MR) is 48.3 cm³/mol. The molecule has 1 atom stereocenters. The van der Waals surface area contributed by atoms with Crippen LogP contribution in [0, 0.1) is 0 Å². The van der Waals surface area contributed by atoms with Gasteiger partial charge < -0.3 is 15.1 Å². The molecule has 0 bridgehead atoms. The summed E-state index contributed by atoms with van der Waals surface area (Å²) in [4.78, 5) is 22.6. The van der Waals surface area contributed by atoms with Gasteiger partial charge in [0.2, 0.25) is 5.91 Å². The molecule has 1 aliphatic heterocycles. The molecule has 0 aromatic heterocycles. The van der Waals surface area contributed by atoms with Crippen LogP contribution < -0.4 is 0 Å². The molecule has 5 heteroatoms. The lowest BCUT2D eigenvalue weighted by Crippen LogP contribution is -2.34. The lowest BCUT2D eigenvalue weighted by Gasteiger charge is -2.19. The molecule has 1 rings (SSSR count). The summed E-state index contributed by atoms with van der Waals surface area (Å²) in [7, 11) is 0. The first-order chi connectivity index (χ1) is 6.61. The Morgan fingerprint density at radius 3 is 2.71 bits per heavy atom. The molecule has 78 valence electrons. The summed E-state index contributed by atoms with van der Waals surface area (Å²) in [6.45, 7) is 0.403. The van der Waals surface area contributed by atoms with Gasteiger partial charge in [0, 0.05) is 19.0 Å². The number of aliphatic hydroxyl groups is 1. The minimum absolute atomic E-state index is 0.103. The number of unbranched alkanes of at least 4 members (excludes halogenated alkanes) is 1. The molecule has 0 saturated heterocycles. The Morgan fingerprint density at radius 2 is 2.21 bits per heavy atom. The number of nitrogens with zero attached hydrogens (tertiary/aromatic N) is 1. The maximum atomic E-state index is 11.1. The molecule has 14 heavy (non-hydrogen) atoms. The molecule has 1 aliphatic rings. The monoisotopic (exact) mass is 199 g/mol. The molecule has 1 amide bonds. The zero-order valence-corrected chi connectivity index (χ0v) is 7.72. The highest BCUT2D eigenvalue weighted by Gasteiger charge is 2.22. The van der Waals surface area contributed by atoms with Gasteiger partial charge in [-0.1, -0.05) is 0 Å². The van der Waals surface area contributed by atoms with Crippen molar-refractivity contribution in [3.05, 3.63) is 12.2 Å². The Morgan fingerprint density at radius 1 is 1.50 bits per heavy atom. The number of carboxylic acids is 1. The molecule has 0 spiro atoms. The fourth-order valence-corrected chi connectivity index (χ4v) is 1.30. The van der Waals surface area contributed by atoms with Crippen molar-refractivity contribution < 1.29 is 19.8 Å². The number of aliphatic hydroxyl groups excluding tert-OH is 1. The van der Waals surface area contributed by atoms with Crippen LogP contribution in [0.2, 0.25) is 0 Å². The molecule has 2 N–H and O–H groups in total. The molecule has 1 heterocycles. The Bertz CT molecular complexity index is 262. The largest absolute Gasteiger partial charge is 0.481 e. The van der Waals surface area contributed by atoms with Crippen molar-refractivity contribution in [3.63, 3.8) is 0 Å². The van der Waals surface area contributed by atoms with Crippen molar-refractivity contribution in [3.8, 4) is 0 Å². The zero-order valence-electron chi connectivity index (χ0n) is 7.72. The first-order valence-corrected chi connectivity index (χ1v) is 4.50. The Kier molecular flexibility index (Phi) is 3.64. The van der Waals surface area contributed by atoms with Gasteiger partial charge in [-0.2, -0.15) is 0 Å². The van der Waals surface area contributed by atoms with Crippen LogP contribution in [0.5, 0.6) is 0 Å². The van der Waals surface area contributed by atoms with Crippen LogP contribution >= 0.6 is 0 Å². The molecule has 0 aromatic rings. The number of hydrogen-bond acceptors (Lipinski definition) is 3. The van der Waals surface area contributed by atoms with Gasteiger partial charge >= 0.3 is 5.97 Å². The molecule has 5 nitrogen and oxygen atoms in total. The van der Waals surface area contributed by atoms with Crippen molar-refractivity contribution in [2.75, 3.05) is 6.54 Å². The molecule has 0 fully saturated rings. The molecular formula is C9H13NO4. The highest BCUT2D eigenvalue weighted by Crippen LogP contribution is 2.10. The average molecular weight is 199 g/mol. The van der Waals surface area contributed by atoms with Gasteiger partial charge in [0.15, 0.2) is 0 Å². The highest BCUT2D eigenvalue weighted by atomic mass is 16.4. The minimum atomic E-state index is -0.840. The van der Waals surface area contributed by atoms with E-state index in [1.54, 1.807) is 0 Å². The predicted octanol–water partition coefficient (Wildman–Crippen LogP) is -0.0419. The van der Waals surface area contributed by atoms with E-state index in [2.05, 4.69) is 0 Å². The van der Waals surface area contributed by atoms with Crippen LogP contribution in [0.15, 0.2) is 12.2 Å². The molecule has 1 unspecified atom stereocenters. The van der Waals surface area contributed by atoms with Crippen LogP contribution in [0.4, 0.5) is 0 Å². The first-order valence-electron chi connectivity index (χ1n) is 4.50. The van der Waals surface area contributed by atoms with E-state index in [1.807, 2.05) is 0 Å². The van der Waals surface area contributed by atoms with E-state index in [4.69, 9.17) is 5.11 Å². The van der Waals surface area contributed by atoms with Gasteiger partial charge in [-0.15, -0.1) is 0 Å². The van der Waals surface area contributed by atoms with Crippen molar-refractivity contribution >= 4 is 11.9 Å². The van der Waals surface area contributed by atoms with Crippen LogP contribution in [0.1, 0.15) is 19.3 Å². The Labute approximate surface area is 81.6 Å². The normalized spacial score (nSPS) is 20.5. The third-order valence-electron chi connectivity index (χ3n) is 2.05. The quantitative estimate of drug-likeness (QED) is 0.609. The molecule has 0 saturated carbocycles. The Hall–Kier alpha value is -1.36. The van der Waals surface area contributed by atoms with Gasteiger partial charge in [0.1, 0.15) is 6.23 Å². The zero-order chi connectivity index (χ0) is 10.6. The summed E-state index contributed by atoms with van der Waals surface area (Å²) >= 11 is 0. The number of amides is 1. The van der Waals surface area contributed by atoms with Crippen molar-refractivity contribution in [2.45, 2.75) is 25.5 Å². The summed E-state index contributed by atoms with van der Waals surface area (Å²) in [5.41, 5.74) is 0. The van der Waals surface area contributed by atoms with Crippen molar-refractivity contribution in [1.82, 2.24) is 4.90 Å². The number of carboxylic acid groups (broad SMARTS) is 1. The van der Waals surface area contributed by atoms with E-state index >= 15 is 0 Å². The second kappa shape index (κ2) is 4.76. The van der Waals surface area contributed by atoms with Gasteiger partial charge in [-0.25, -0.2) is 0 Å². The lowest BCUT2D eigenvalue weighted by atomic mass is 10.2. The van der Waals surface area contributed by atoms with E-state index in [1.165, 1.54) is 17.1 Å². The second-order valence-electron chi connectivity index (χ2n) is 3.16. The van der Waals surface area contributed by atoms with Crippen LogP contribution in [-0.2, 0) is 9.59 Å². The number of carbonyl (C=O) groups is 2. The van der Waals surface area contributed by atoms with Crippen molar-refractivity contribution in [1.29, 1.82) is 0 Å². The fourth-order valence-electron chi connectivity index (χ4n) is 1.30. The van der Waals surface area contributed by atoms with Gasteiger partial charge in [-0.3, -0.25) is 9.59 Å². The molecular weight excluding hydrogens is 186 g/mol. The summed E-state index contributed by atoms with van der Waals surface area (Å²) in [6.07, 6.45) is 3.11. The number of carbonyl (C=O) groups excluding carboxylic acids is 1. The molecule has 0 aromatic carbocycles.